The summed E-state index contributed by atoms with van der Waals surface area (Å²) in [5.74, 6) is 0.921. The van der Waals surface area contributed by atoms with Gasteiger partial charge in [-0.25, -0.2) is 0 Å². The Morgan fingerprint density at radius 3 is 2.60 bits per heavy atom. The van der Waals surface area contributed by atoms with Crippen LogP contribution in [0, 0.1) is 0 Å². The molecule has 1 atom stereocenters. The van der Waals surface area contributed by atoms with E-state index in [4.69, 9.17) is 9.47 Å². The Labute approximate surface area is 171 Å². The zero-order valence-corrected chi connectivity index (χ0v) is 18.7. The third-order valence-corrected chi connectivity index (χ3v) is 4.25. The molecule has 7 heteroatoms. The number of halogens is 1. The zero-order chi connectivity index (χ0) is 17.5. The summed E-state index contributed by atoms with van der Waals surface area (Å²) >= 11 is 0. The van der Waals surface area contributed by atoms with Crippen LogP contribution in [0.2, 0.25) is 0 Å². The highest BCUT2D eigenvalue weighted by Crippen LogP contribution is 2.08. The number of aliphatic imine (C=N–C) groups is 1. The Morgan fingerprint density at radius 1 is 1.16 bits per heavy atom. The van der Waals surface area contributed by atoms with E-state index in [-0.39, 0.29) is 24.0 Å². The van der Waals surface area contributed by atoms with Gasteiger partial charge in [0.15, 0.2) is 5.96 Å². The maximum atomic E-state index is 5.76. The first-order valence-electron chi connectivity index (χ1n) is 9.74. The van der Waals surface area contributed by atoms with Gasteiger partial charge in [-0.3, -0.25) is 4.99 Å². The molecule has 1 fully saturated rings. The summed E-state index contributed by atoms with van der Waals surface area (Å²) in [6.07, 6.45) is 4.68. The quantitative estimate of drug-likeness (QED) is 0.188. The molecule has 0 saturated carbocycles. The van der Waals surface area contributed by atoms with Crippen molar-refractivity contribution in [3.8, 4) is 0 Å². The van der Waals surface area contributed by atoms with Gasteiger partial charge in [0.2, 0.25) is 0 Å². The van der Waals surface area contributed by atoms with Crippen LogP contribution < -0.4 is 10.6 Å². The summed E-state index contributed by atoms with van der Waals surface area (Å²) in [5, 5.41) is 6.73. The Hall–Kier alpha value is -0.120. The second-order valence-electron chi connectivity index (χ2n) is 6.13. The topological polar surface area (TPSA) is 58.1 Å². The Kier molecular flexibility index (Phi) is 17.2. The molecule has 0 aliphatic carbocycles. The van der Waals surface area contributed by atoms with Gasteiger partial charge in [-0.15, -0.1) is 24.0 Å². The minimum atomic E-state index is 0. The van der Waals surface area contributed by atoms with Crippen LogP contribution in [0.4, 0.5) is 0 Å². The van der Waals surface area contributed by atoms with E-state index in [1.54, 1.807) is 0 Å². The number of nitrogens with one attached hydrogen (secondary N) is 2. The van der Waals surface area contributed by atoms with E-state index >= 15 is 0 Å². The second-order valence-corrected chi connectivity index (χ2v) is 6.13. The van der Waals surface area contributed by atoms with Crippen LogP contribution in [-0.4, -0.2) is 76.1 Å². The zero-order valence-electron chi connectivity index (χ0n) is 16.4. The van der Waals surface area contributed by atoms with Gasteiger partial charge in [0, 0.05) is 32.8 Å². The van der Waals surface area contributed by atoms with Gasteiger partial charge in [-0.05, 0) is 52.2 Å². The number of ether oxygens (including phenoxy) is 2. The van der Waals surface area contributed by atoms with Gasteiger partial charge in [-0.1, -0.05) is 13.8 Å². The van der Waals surface area contributed by atoms with Crippen LogP contribution >= 0.6 is 24.0 Å². The lowest BCUT2D eigenvalue weighted by molar-refractivity contribution is 0.0424. The smallest absolute Gasteiger partial charge is 0.191 e. The molecule has 1 rings (SSSR count). The Morgan fingerprint density at radius 2 is 1.96 bits per heavy atom. The lowest BCUT2D eigenvalue weighted by Gasteiger charge is -2.18. The summed E-state index contributed by atoms with van der Waals surface area (Å²) < 4.78 is 11.1. The molecule has 1 aliphatic heterocycles. The van der Waals surface area contributed by atoms with Crippen LogP contribution in [-0.2, 0) is 9.47 Å². The number of hydrogen-bond donors (Lipinski definition) is 2. The molecule has 0 aromatic heterocycles. The lowest BCUT2D eigenvalue weighted by Crippen LogP contribution is -2.38. The molecule has 0 spiro atoms. The summed E-state index contributed by atoms with van der Waals surface area (Å²) in [6.45, 7) is 15.0. The first kappa shape index (κ1) is 24.9. The predicted molar refractivity (Wildman–Crippen MR) is 116 cm³/mol. The molecule has 1 aliphatic rings. The third-order valence-electron chi connectivity index (χ3n) is 4.25. The molecule has 150 valence electrons. The van der Waals surface area contributed by atoms with Crippen LogP contribution in [0.3, 0.4) is 0 Å². The summed E-state index contributed by atoms with van der Waals surface area (Å²) in [4.78, 5) is 7.08. The number of rotatable bonds is 13. The fourth-order valence-corrected chi connectivity index (χ4v) is 2.70. The molecule has 0 aromatic carbocycles. The molecule has 1 heterocycles. The summed E-state index contributed by atoms with van der Waals surface area (Å²) in [5.41, 5.74) is 0. The molecule has 0 radical (unpaired) electrons. The minimum absolute atomic E-state index is 0. The van der Waals surface area contributed by atoms with Crippen molar-refractivity contribution in [2.75, 3.05) is 59.1 Å². The maximum Gasteiger partial charge on any atom is 0.191 e. The molecule has 0 bridgehead atoms. The van der Waals surface area contributed by atoms with E-state index in [0.29, 0.717) is 6.10 Å². The Balaban J connectivity index is 0.00000576. The van der Waals surface area contributed by atoms with Crippen LogP contribution in [0.15, 0.2) is 4.99 Å². The molecule has 2 N–H and O–H groups in total. The molecule has 1 saturated heterocycles. The van der Waals surface area contributed by atoms with Gasteiger partial charge >= 0.3 is 0 Å². The van der Waals surface area contributed by atoms with Crippen molar-refractivity contribution in [1.29, 1.82) is 0 Å². The number of guanidine groups is 1. The van der Waals surface area contributed by atoms with Crippen molar-refractivity contribution in [3.63, 3.8) is 0 Å². The highest BCUT2D eigenvalue weighted by molar-refractivity contribution is 14.0. The third kappa shape index (κ3) is 12.8. The van der Waals surface area contributed by atoms with E-state index in [1.165, 1.54) is 19.4 Å². The van der Waals surface area contributed by atoms with Crippen molar-refractivity contribution < 1.29 is 9.47 Å². The fraction of sp³-hybridized carbons (Fsp3) is 0.944. The first-order chi connectivity index (χ1) is 11.8. The predicted octanol–water partition coefficient (Wildman–Crippen LogP) is 2.48. The van der Waals surface area contributed by atoms with Crippen molar-refractivity contribution in [1.82, 2.24) is 15.5 Å². The van der Waals surface area contributed by atoms with Crippen molar-refractivity contribution in [3.05, 3.63) is 0 Å². The molecule has 0 aromatic rings. The number of nitrogens with zero attached hydrogens (tertiary/aromatic N) is 2. The SMILES string of the molecule is CCNC(=NCCCOC1CCOC1)NCCCCN(CC)CC.I. The molecule has 1 unspecified atom stereocenters. The fourth-order valence-electron chi connectivity index (χ4n) is 2.70. The van der Waals surface area contributed by atoms with E-state index in [9.17, 15) is 0 Å². The summed E-state index contributed by atoms with van der Waals surface area (Å²) in [6, 6.07) is 0. The van der Waals surface area contributed by atoms with Crippen LogP contribution in [0.5, 0.6) is 0 Å². The van der Waals surface area contributed by atoms with E-state index in [0.717, 1.165) is 71.3 Å². The largest absolute Gasteiger partial charge is 0.379 e. The highest BCUT2D eigenvalue weighted by atomic mass is 127. The molecular formula is C18H39IN4O2. The van der Waals surface area contributed by atoms with Crippen LogP contribution in [0.1, 0.15) is 46.5 Å². The highest BCUT2D eigenvalue weighted by Gasteiger charge is 2.15. The summed E-state index contributed by atoms with van der Waals surface area (Å²) in [7, 11) is 0. The molecule has 0 amide bonds. The van der Waals surface area contributed by atoms with E-state index in [2.05, 4.69) is 41.3 Å². The number of hydrogen-bond acceptors (Lipinski definition) is 4. The van der Waals surface area contributed by atoms with Gasteiger partial charge in [-0.2, -0.15) is 0 Å². The standard InChI is InChI=1S/C18H38N4O2.HI/c1-4-19-18(20-11-7-8-13-22(5-2)6-3)21-12-9-14-24-17-10-15-23-16-17;/h17H,4-16H2,1-3H3,(H2,19,20,21);1H. The average Bonchev–Trinajstić information content (AvgIpc) is 3.11. The normalized spacial score (nSPS) is 17.6. The molecule has 25 heavy (non-hydrogen) atoms. The monoisotopic (exact) mass is 470 g/mol. The average molecular weight is 470 g/mol. The van der Waals surface area contributed by atoms with Gasteiger partial charge in [0.1, 0.15) is 0 Å². The first-order valence-corrected chi connectivity index (χ1v) is 9.74. The van der Waals surface area contributed by atoms with Crippen LogP contribution in [0.25, 0.3) is 0 Å². The molecular weight excluding hydrogens is 431 g/mol. The number of unbranched alkanes of at least 4 members (excludes halogenated alkanes) is 1. The lowest BCUT2D eigenvalue weighted by atomic mass is 10.3. The van der Waals surface area contributed by atoms with Gasteiger partial charge < -0.3 is 25.0 Å². The van der Waals surface area contributed by atoms with Gasteiger partial charge in [0.05, 0.1) is 12.7 Å². The van der Waals surface area contributed by atoms with Gasteiger partial charge in [0.25, 0.3) is 0 Å². The second kappa shape index (κ2) is 17.3. The van der Waals surface area contributed by atoms with Crippen molar-refractivity contribution in [2.45, 2.75) is 52.6 Å². The maximum absolute atomic E-state index is 5.76. The Bertz CT molecular complexity index is 322. The van der Waals surface area contributed by atoms with Crippen molar-refractivity contribution >= 4 is 29.9 Å². The van der Waals surface area contributed by atoms with E-state index < -0.39 is 0 Å². The molecule has 6 nitrogen and oxygen atoms in total. The van der Waals surface area contributed by atoms with E-state index in [1.807, 2.05) is 0 Å². The minimum Gasteiger partial charge on any atom is -0.379 e. The van der Waals surface area contributed by atoms with Crippen molar-refractivity contribution in [2.24, 2.45) is 4.99 Å².